The van der Waals surface area contributed by atoms with Crippen molar-refractivity contribution in [2.75, 3.05) is 13.3 Å². The number of aromatic nitrogens is 3. The Morgan fingerprint density at radius 2 is 1.64 bits per heavy atom. The monoisotopic (exact) mass is 607 g/mol. The second-order valence-corrected chi connectivity index (χ2v) is 10.6. The average molecular weight is 608 g/mol. The number of alkyl halides is 1. The molecule has 232 valence electrons. The lowest BCUT2D eigenvalue weighted by molar-refractivity contribution is -0.170. The largest absolute Gasteiger partial charge is 0.481 e. The van der Waals surface area contributed by atoms with Crippen molar-refractivity contribution in [3.05, 3.63) is 77.6 Å². The van der Waals surface area contributed by atoms with Crippen molar-refractivity contribution < 1.29 is 38.6 Å². The molecule has 4 rings (SSSR count). The van der Waals surface area contributed by atoms with Gasteiger partial charge in [-0.25, -0.2) is 9.48 Å². The number of ketones is 1. The molecule has 3 aromatic rings. The molecule has 1 fully saturated rings. The van der Waals surface area contributed by atoms with Crippen LogP contribution >= 0.6 is 0 Å². The quantitative estimate of drug-likeness (QED) is 0.233. The molecular formula is C31H34FN5O7. The maximum Gasteiger partial charge on any atom is 0.326 e. The van der Waals surface area contributed by atoms with E-state index in [0.717, 1.165) is 21.7 Å². The van der Waals surface area contributed by atoms with Crippen LogP contribution < -0.4 is 0 Å². The molecule has 44 heavy (non-hydrogen) atoms. The number of hydrogen-bond donors (Lipinski definition) is 2. The van der Waals surface area contributed by atoms with Crippen molar-refractivity contribution in [3.8, 4) is 5.69 Å². The van der Waals surface area contributed by atoms with Gasteiger partial charge in [-0.3, -0.25) is 23.6 Å². The van der Waals surface area contributed by atoms with E-state index in [2.05, 4.69) is 10.3 Å². The van der Waals surface area contributed by atoms with Crippen LogP contribution in [0.25, 0.3) is 5.69 Å². The van der Waals surface area contributed by atoms with Crippen LogP contribution in [0.3, 0.4) is 0 Å². The van der Waals surface area contributed by atoms with Crippen molar-refractivity contribution in [2.24, 2.45) is 5.92 Å². The van der Waals surface area contributed by atoms with E-state index in [4.69, 9.17) is 5.11 Å². The van der Waals surface area contributed by atoms with E-state index in [1.54, 1.807) is 41.2 Å². The van der Waals surface area contributed by atoms with Gasteiger partial charge in [-0.2, -0.15) is 0 Å². The molecule has 12 nitrogen and oxygen atoms in total. The predicted molar refractivity (Wildman–Crippen MR) is 154 cm³/mol. The fourth-order valence-electron chi connectivity index (χ4n) is 5.12. The number of benzene rings is 2. The highest BCUT2D eigenvalue weighted by Crippen LogP contribution is 2.25. The molecule has 0 bridgehead atoms. The molecule has 13 heteroatoms. The van der Waals surface area contributed by atoms with E-state index >= 15 is 0 Å². The molecule has 2 unspecified atom stereocenters. The zero-order valence-electron chi connectivity index (χ0n) is 24.0. The smallest absolute Gasteiger partial charge is 0.326 e. The van der Waals surface area contributed by atoms with E-state index in [1.165, 1.54) is 4.90 Å². The molecule has 1 aliphatic heterocycles. The molecule has 1 aliphatic rings. The highest BCUT2D eigenvalue weighted by molar-refractivity contribution is 6.19. The average Bonchev–Trinajstić information content (AvgIpc) is 3.48. The maximum atomic E-state index is 13.4. The first-order valence-electron chi connectivity index (χ1n) is 14.3. The van der Waals surface area contributed by atoms with E-state index in [9.17, 15) is 33.5 Å². The van der Waals surface area contributed by atoms with Crippen LogP contribution in [0.15, 0.2) is 60.8 Å². The minimum atomic E-state index is -1.71. The number of Topliss-reactive ketones (excluding diaryl/α,β-unsaturated/α-hetero) is 1. The first kappa shape index (κ1) is 32.0. The molecule has 2 aromatic carbocycles. The lowest BCUT2D eigenvalue weighted by Gasteiger charge is -2.41. The number of aliphatic carboxylic acids is 2. The Labute approximate surface area is 253 Å². The fraction of sp³-hybridized carbons (Fsp3) is 0.387. The molecule has 2 atom stereocenters. The van der Waals surface area contributed by atoms with Crippen LogP contribution in [0, 0.1) is 5.92 Å². The lowest BCUT2D eigenvalue weighted by Crippen LogP contribution is -2.62. The van der Waals surface area contributed by atoms with Crippen molar-refractivity contribution in [1.29, 1.82) is 0 Å². The Bertz CT molecular complexity index is 1480. The third-order valence-electron chi connectivity index (χ3n) is 7.44. The highest BCUT2D eigenvalue weighted by Gasteiger charge is 2.47. The number of carbonyl (C=O) groups is 5. The fourth-order valence-corrected chi connectivity index (χ4v) is 5.12. The molecule has 1 aromatic heterocycles. The van der Waals surface area contributed by atoms with Crippen LogP contribution in [0.2, 0.25) is 0 Å². The summed E-state index contributed by atoms with van der Waals surface area (Å²) in [6.07, 6.45) is 2.47. The summed E-state index contributed by atoms with van der Waals surface area (Å²) in [5.41, 5.74) is 3.09. The summed E-state index contributed by atoms with van der Waals surface area (Å²) in [5.74, 6) is -6.59. The second-order valence-electron chi connectivity index (χ2n) is 10.6. The van der Waals surface area contributed by atoms with E-state index in [0.29, 0.717) is 31.4 Å². The second kappa shape index (κ2) is 15.0. The van der Waals surface area contributed by atoms with Gasteiger partial charge in [0.25, 0.3) is 0 Å². The van der Waals surface area contributed by atoms with Crippen LogP contribution in [-0.4, -0.2) is 83.9 Å². The normalized spacial score (nSPS) is 15.8. The number of nitrogens with zero attached hydrogens (tertiary/aromatic N) is 5. The van der Waals surface area contributed by atoms with Gasteiger partial charge < -0.3 is 20.0 Å². The van der Waals surface area contributed by atoms with Gasteiger partial charge in [0, 0.05) is 19.4 Å². The van der Waals surface area contributed by atoms with Gasteiger partial charge in [0.1, 0.15) is 6.04 Å². The number of rotatable bonds is 16. The van der Waals surface area contributed by atoms with Crippen LogP contribution in [0.1, 0.15) is 48.9 Å². The summed E-state index contributed by atoms with van der Waals surface area (Å²) in [5, 5.41) is 27.0. The van der Waals surface area contributed by atoms with E-state index < -0.39 is 54.6 Å². The Morgan fingerprint density at radius 3 is 2.30 bits per heavy atom. The van der Waals surface area contributed by atoms with E-state index in [-0.39, 0.29) is 26.1 Å². The number of hydrogen-bond acceptors (Lipinski definition) is 7. The SMILES string of the molecule is O=C(O)CCC(C(=O)O)N1CN(Cc2ccccc2)C(=O)C(C(=O)CCCc2ccc(-n3cc(CCCF)nn3)cc2)C1=O. The molecular weight excluding hydrogens is 573 g/mol. The zero-order chi connectivity index (χ0) is 31.6. The topological polar surface area (TPSA) is 163 Å². The van der Waals surface area contributed by atoms with Gasteiger partial charge >= 0.3 is 11.9 Å². The molecule has 2 heterocycles. The number of carboxylic acid groups (broad SMARTS) is 2. The molecule has 0 saturated carbocycles. The molecule has 2 amide bonds. The Kier molecular flexibility index (Phi) is 10.9. The number of amides is 2. The van der Waals surface area contributed by atoms with Crippen LogP contribution in [0.5, 0.6) is 0 Å². The van der Waals surface area contributed by atoms with Gasteiger partial charge in [0.15, 0.2) is 11.7 Å². The lowest BCUT2D eigenvalue weighted by atomic mass is 9.92. The standard InChI is InChI=1S/C31H34FN5O7/c32-17-5-9-23-19-37(34-33-23)24-13-11-21(12-14-24)8-4-10-26(38)28-29(41)35(18-22-6-2-1-3-7-22)20-36(30(28)42)25(31(43)44)15-16-27(39)40/h1-3,6-7,11-14,19,25,28H,4-5,8-10,15-18,20H2,(H,39,40)(H,43,44). The van der Waals surface area contributed by atoms with Crippen molar-refractivity contribution in [1.82, 2.24) is 24.8 Å². The molecule has 2 N–H and O–H groups in total. The minimum Gasteiger partial charge on any atom is -0.481 e. The number of halogens is 1. The van der Waals surface area contributed by atoms with Gasteiger partial charge in [-0.1, -0.05) is 47.7 Å². The number of carboxylic acids is 2. The summed E-state index contributed by atoms with van der Waals surface area (Å²) < 4.78 is 14.0. The first-order valence-corrected chi connectivity index (χ1v) is 14.3. The summed E-state index contributed by atoms with van der Waals surface area (Å²) in [6, 6.07) is 14.8. The van der Waals surface area contributed by atoms with Crippen molar-refractivity contribution >= 4 is 29.5 Å². The zero-order valence-corrected chi connectivity index (χ0v) is 24.0. The Balaban J connectivity index is 1.44. The van der Waals surface area contributed by atoms with Gasteiger partial charge in [0.2, 0.25) is 11.8 Å². The molecule has 0 radical (unpaired) electrons. The summed E-state index contributed by atoms with van der Waals surface area (Å²) in [4.78, 5) is 65.6. The first-order chi connectivity index (χ1) is 21.2. The maximum absolute atomic E-state index is 13.4. The molecule has 1 saturated heterocycles. The molecule has 0 spiro atoms. The van der Waals surface area contributed by atoms with Gasteiger partial charge in [-0.15, -0.1) is 5.10 Å². The molecule has 0 aliphatic carbocycles. The van der Waals surface area contributed by atoms with E-state index in [1.807, 2.05) is 24.3 Å². The number of aryl methyl sites for hydroxylation is 2. The van der Waals surface area contributed by atoms with Crippen molar-refractivity contribution in [2.45, 2.75) is 57.5 Å². The summed E-state index contributed by atoms with van der Waals surface area (Å²) in [6.45, 7) is -0.747. The van der Waals surface area contributed by atoms with Crippen LogP contribution in [0.4, 0.5) is 4.39 Å². The van der Waals surface area contributed by atoms with Crippen molar-refractivity contribution in [3.63, 3.8) is 0 Å². The van der Waals surface area contributed by atoms with Gasteiger partial charge in [0.05, 0.1) is 30.9 Å². The minimum absolute atomic E-state index is 0.0496. The highest BCUT2D eigenvalue weighted by atomic mass is 19.1. The van der Waals surface area contributed by atoms with Gasteiger partial charge in [-0.05, 0) is 55.4 Å². The number of carbonyl (C=O) groups excluding carboxylic acids is 3. The summed E-state index contributed by atoms with van der Waals surface area (Å²) in [7, 11) is 0. The predicted octanol–water partition coefficient (Wildman–Crippen LogP) is 2.82. The Hall–Kier alpha value is -4.94. The van der Waals surface area contributed by atoms with Crippen LogP contribution in [-0.2, 0) is 43.4 Å². The third kappa shape index (κ3) is 8.12. The Morgan fingerprint density at radius 1 is 0.909 bits per heavy atom. The summed E-state index contributed by atoms with van der Waals surface area (Å²) >= 11 is 0. The third-order valence-corrected chi connectivity index (χ3v) is 7.44.